The molecule has 0 unspecified atom stereocenters. The van der Waals surface area contributed by atoms with Crippen molar-refractivity contribution in [2.24, 2.45) is 0 Å². The summed E-state index contributed by atoms with van der Waals surface area (Å²) in [5.74, 6) is -0.962. The molecule has 3 nitrogen and oxygen atoms in total. The van der Waals surface area contributed by atoms with Crippen LogP contribution in [0.2, 0.25) is 0 Å². The van der Waals surface area contributed by atoms with Gasteiger partial charge >= 0.3 is 5.97 Å². The van der Waals surface area contributed by atoms with Crippen LogP contribution in [0, 0.1) is 0 Å². The van der Waals surface area contributed by atoms with Crippen LogP contribution in [0.25, 0.3) is 0 Å². The van der Waals surface area contributed by atoms with Crippen LogP contribution in [-0.2, 0) is 9.53 Å². The second-order valence-corrected chi connectivity index (χ2v) is 2.64. The zero-order valence-electron chi connectivity index (χ0n) is 5.63. The van der Waals surface area contributed by atoms with Gasteiger partial charge in [-0.25, -0.2) is 9.18 Å². The summed E-state index contributed by atoms with van der Waals surface area (Å²) in [6.45, 7) is 1.39. The van der Waals surface area contributed by atoms with Gasteiger partial charge in [0, 0.05) is 6.42 Å². The van der Waals surface area contributed by atoms with Gasteiger partial charge in [-0.2, -0.15) is 0 Å². The summed E-state index contributed by atoms with van der Waals surface area (Å²) >= 11 is 0. The van der Waals surface area contributed by atoms with Crippen molar-refractivity contribution in [2.45, 2.75) is 25.1 Å². The van der Waals surface area contributed by atoms with Gasteiger partial charge in [-0.15, -0.1) is 0 Å². The van der Waals surface area contributed by atoms with Crippen molar-refractivity contribution in [3.63, 3.8) is 0 Å². The average molecular weight is 148 g/mol. The summed E-state index contributed by atoms with van der Waals surface area (Å²) in [6.07, 6.45) is -1.72. The van der Waals surface area contributed by atoms with Gasteiger partial charge in [-0.3, -0.25) is 0 Å². The standard InChI is InChI=1S/C6H9FO3/c1-6(9)2-3-10-5(8)4(6)7/h4,9H,2-3H2,1H3/t4-,6+/m1/s1. The normalized spacial score (nSPS) is 41.1. The lowest BCUT2D eigenvalue weighted by molar-refractivity contribution is -0.173. The minimum absolute atomic E-state index is 0.103. The van der Waals surface area contributed by atoms with E-state index in [-0.39, 0.29) is 13.0 Å². The van der Waals surface area contributed by atoms with Gasteiger partial charge < -0.3 is 9.84 Å². The first-order valence-electron chi connectivity index (χ1n) is 3.07. The monoisotopic (exact) mass is 148 g/mol. The maximum Gasteiger partial charge on any atom is 0.343 e. The Balaban J connectivity index is 2.69. The Kier molecular flexibility index (Phi) is 1.64. The van der Waals surface area contributed by atoms with Gasteiger partial charge in [0.2, 0.25) is 6.17 Å². The number of rotatable bonds is 0. The fourth-order valence-corrected chi connectivity index (χ4v) is 0.812. The number of esters is 1. The predicted octanol–water partition coefficient (Wildman–Crippen LogP) is 0.0224. The first kappa shape index (κ1) is 7.47. The summed E-state index contributed by atoms with van der Waals surface area (Å²) in [6, 6.07) is 0. The molecule has 1 aliphatic heterocycles. The SMILES string of the molecule is C[C@]1(O)CCOC(=O)[C@H]1F. The van der Waals surface area contributed by atoms with Crippen molar-refractivity contribution in [2.75, 3.05) is 6.61 Å². The Bertz CT molecular complexity index is 155. The highest BCUT2D eigenvalue weighted by molar-refractivity contribution is 5.76. The third-order valence-corrected chi connectivity index (χ3v) is 1.61. The number of halogens is 1. The molecule has 1 fully saturated rings. The van der Waals surface area contributed by atoms with Gasteiger partial charge in [-0.1, -0.05) is 0 Å². The third-order valence-electron chi connectivity index (χ3n) is 1.61. The molecule has 1 N–H and O–H groups in total. The summed E-state index contributed by atoms with van der Waals surface area (Å²) < 4.78 is 17.0. The van der Waals surface area contributed by atoms with E-state index >= 15 is 0 Å². The number of ether oxygens (including phenoxy) is 1. The number of carbonyl (C=O) groups is 1. The van der Waals surface area contributed by atoms with Crippen LogP contribution in [0.4, 0.5) is 4.39 Å². The van der Waals surface area contributed by atoms with Crippen LogP contribution in [0.15, 0.2) is 0 Å². The highest BCUT2D eigenvalue weighted by atomic mass is 19.1. The molecule has 1 heterocycles. The van der Waals surface area contributed by atoms with Crippen molar-refractivity contribution in [3.05, 3.63) is 0 Å². The number of hydrogen-bond acceptors (Lipinski definition) is 3. The van der Waals surface area contributed by atoms with Crippen LogP contribution in [0.3, 0.4) is 0 Å². The van der Waals surface area contributed by atoms with E-state index in [1.165, 1.54) is 6.92 Å². The van der Waals surface area contributed by atoms with Crippen LogP contribution in [-0.4, -0.2) is 29.5 Å². The molecule has 1 aliphatic rings. The molecule has 0 bridgehead atoms. The summed E-state index contributed by atoms with van der Waals surface area (Å²) in [4.78, 5) is 10.5. The van der Waals surface area contributed by atoms with Crippen LogP contribution >= 0.6 is 0 Å². The van der Waals surface area contributed by atoms with Crippen molar-refractivity contribution in [1.29, 1.82) is 0 Å². The second-order valence-electron chi connectivity index (χ2n) is 2.64. The Hall–Kier alpha value is -0.640. The van der Waals surface area contributed by atoms with E-state index in [0.717, 1.165) is 0 Å². The summed E-state index contributed by atoms with van der Waals surface area (Å²) in [5, 5.41) is 9.14. The second kappa shape index (κ2) is 2.20. The molecular formula is C6H9FO3. The van der Waals surface area contributed by atoms with Crippen LogP contribution in [0.1, 0.15) is 13.3 Å². The van der Waals surface area contributed by atoms with E-state index in [4.69, 9.17) is 5.11 Å². The van der Waals surface area contributed by atoms with E-state index in [2.05, 4.69) is 4.74 Å². The minimum atomic E-state index is -1.89. The smallest absolute Gasteiger partial charge is 0.343 e. The summed E-state index contributed by atoms with van der Waals surface area (Å²) in [5.41, 5.74) is -1.53. The maximum atomic E-state index is 12.6. The lowest BCUT2D eigenvalue weighted by atomic mass is 9.95. The van der Waals surface area contributed by atoms with Gasteiger partial charge in [0.15, 0.2) is 0 Å². The highest BCUT2D eigenvalue weighted by Crippen LogP contribution is 2.23. The highest BCUT2D eigenvalue weighted by Gasteiger charge is 2.42. The Morgan fingerprint density at radius 3 is 2.90 bits per heavy atom. The molecule has 0 amide bonds. The molecule has 0 radical (unpaired) electrons. The average Bonchev–Trinajstić information content (AvgIpc) is 1.83. The van der Waals surface area contributed by atoms with Crippen LogP contribution < -0.4 is 0 Å². The number of cyclic esters (lactones) is 1. The van der Waals surface area contributed by atoms with Gasteiger partial charge in [-0.05, 0) is 6.92 Å². The Morgan fingerprint density at radius 2 is 2.50 bits per heavy atom. The number of alkyl halides is 1. The number of carbonyl (C=O) groups excluding carboxylic acids is 1. The molecule has 1 rings (SSSR count). The quantitative estimate of drug-likeness (QED) is 0.493. The van der Waals surface area contributed by atoms with E-state index in [0.29, 0.717) is 0 Å². The van der Waals surface area contributed by atoms with Gasteiger partial charge in [0.05, 0.1) is 6.61 Å². The first-order chi connectivity index (χ1) is 4.54. The molecule has 0 aromatic heterocycles. The van der Waals surface area contributed by atoms with Crippen molar-refractivity contribution in [1.82, 2.24) is 0 Å². The van der Waals surface area contributed by atoms with E-state index < -0.39 is 17.7 Å². The molecule has 1 saturated heterocycles. The Labute approximate surface area is 57.8 Å². The molecule has 2 atom stereocenters. The zero-order valence-corrected chi connectivity index (χ0v) is 5.63. The number of aliphatic hydroxyl groups is 1. The van der Waals surface area contributed by atoms with Gasteiger partial charge in [0.25, 0.3) is 0 Å². The molecule has 0 aromatic rings. The molecule has 0 saturated carbocycles. The van der Waals surface area contributed by atoms with Gasteiger partial charge in [0.1, 0.15) is 5.60 Å². The molecule has 0 spiro atoms. The molecule has 4 heteroatoms. The van der Waals surface area contributed by atoms with Crippen molar-refractivity contribution < 1.29 is 19.0 Å². The zero-order chi connectivity index (χ0) is 7.78. The first-order valence-corrected chi connectivity index (χ1v) is 3.07. The van der Waals surface area contributed by atoms with Crippen molar-refractivity contribution in [3.8, 4) is 0 Å². The molecule has 10 heavy (non-hydrogen) atoms. The largest absolute Gasteiger partial charge is 0.463 e. The molecule has 0 aliphatic carbocycles. The van der Waals surface area contributed by atoms with E-state index in [9.17, 15) is 9.18 Å². The molecule has 0 aromatic carbocycles. The number of hydrogen-bond donors (Lipinski definition) is 1. The lowest BCUT2D eigenvalue weighted by Gasteiger charge is -2.29. The fourth-order valence-electron chi connectivity index (χ4n) is 0.812. The van der Waals surface area contributed by atoms with Crippen molar-refractivity contribution >= 4 is 5.97 Å². The summed E-state index contributed by atoms with van der Waals surface area (Å²) in [7, 11) is 0. The van der Waals surface area contributed by atoms with E-state index in [1.54, 1.807) is 0 Å². The fraction of sp³-hybridized carbons (Fsp3) is 0.833. The Morgan fingerprint density at radius 1 is 1.90 bits per heavy atom. The maximum absolute atomic E-state index is 12.6. The lowest BCUT2D eigenvalue weighted by Crippen LogP contribution is -2.47. The minimum Gasteiger partial charge on any atom is -0.463 e. The molecule has 58 valence electrons. The molecular weight excluding hydrogens is 139 g/mol. The third kappa shape index (κ3) is 1.11. The van der Waals surface area contributed by atoms with Crippen LogP contribution in [0.5, 0.6) is 0 Å². The topological polar surface area (TPSA) is 46.5 Å². The predicted molar refractivity (Wildman–Crippen MR) is 31.1 cm³/mol. The van der Waals surface area contributed by atoms with E-state index in [1.807, 2.05) is 0 Å².